The summed E-state index contributed by atoms with van der Waals surface area (Å²) in [6.07, 6.45) is 5.63. The van der Waals surface area contributed by atoms with Crippen LogP contribution >= 0.6 is 0 Å². The maximum absolute atomic E-state index is 13.4. The molecule has 162 valence electrons. The third kappa shape index (κ3) is 4.24. The molecule has 2 aliphatic heterocycles. The van der Waals surface area contributed by atoms with Crippen LogP contribution in [0, 0.1) is 33.6 Å². The highest BCUT2D eigenvalue weighted by atomic mass is 32.2. The zero-order valence-electron chi connectivity index (χ0n) is 18.6. The van der Waals surface area contributed by atoms with Crippen molar-refractivity contribution in [3.05, 3.63) is 28.3 Å². The van der Waals surface area contributed by atoms with Crippen molar-refractivity contribution < 1.29 is 13.2 Å². The van der Waals surface area contributed by atoms with Crippen LogP contribution in [0.2, 0.25) is 0 Å². The third-order valence-electron chi connectivity index (χ3n) is 7.08. The number of aryl methyl sites for hydroxylation is 2. The SMILES string of the molecule is CCC1CCCCN1C(=O)C1CCN(S(=O)(=O)c2c(C)c(C)cc(C)c2C)CC1. The number of nitrogens with zero attached hydrogens (tertiary/aromatic N) is 2. The lowest BCUT2D eigenvalue weighted by molar-refractivity contribution is -0.140. The molecule has 1 amide bonds. The predicted octanol–water partition coefficient (Wildman–Crippen LogP) is 4.11. The molecule has 0 N–H and O–H groups in total. The van der Waals surface area contributed by atoms with Gasteiger partial charge in [0.05, 0.1) is 4.90 Å². The second kappa shape index (κ2) is 8.76. The van der Waals surface area contributed by atoms with Crippen LogP contribution in [0.1, 0.15) is 67.7 Å². The Hall–Kier alpha value is -1.40. The minimum absolute atomic E-state index is 0.0463. The van der Waals surface area contributed by atoms with Gasteiger partial charge in [0, 0.05) is 31.6 Å². The molecule has 2 aliphatic rings. The minimum atomic E-state index is -3.55. The van der Waals surface area contributed by atoms with Gasteiger partial charge in [0.2, 0.25) is 15.9 Å². The number of rotatable bonds is 4. The molecule has 5 nitrogen and oxygen atoms in total. The van der Waals surface area contributed by atoms with Crippen LogP contribution in [0.25, 0.3) is 0 Å². The van der Waals surface area contributed by atoms with E-state index in [2.05, 4.69) is 17.9 Å². The maximum atomic E-state index is 13.4. The molecule has 0 bridgehead atoms. The standard InChI is InChI=1S/C23H36N2O3S/c1-6-21-9-7-8-12-25(21)23(26)20-10-13-24(14-11-20)29(27,28)22-18(4)16(2)15-17(3)19(22)5/h15,20-21H,6-14H2,1-5H3. The van der Waals surface area contributed by atoms with Crippen LogP contribution in [0.3, 0.4) is 0 Å². The lowest BCUT2D eigenvalue weighted by atomic mass is 9.92. The molecule has 0 saturated carbocycles. The summed E-state index contributed by atoms with van der Waals surface area (Å²) in [5.74, 6) is 0.197. The summed E-state index contributed by atoms with van der Waals surface area (Å²) in [4.78, 5) is 15.6. The van der Waals surface area contributed by atoms with E-state index in [0.29, 0.717) is 36.9 Å². The van der Waals surface area contributed by atoms with E-state index in [4.69, 9.17) is 0 Å². The van der Waals surface area contributed by atoms with E-state index in [9.17, 15) is 13.2 Å². The van der Waals surface area contributed by atoms with Gasteiger partial charge in [0.1, 0.15) is 0 Å². The van der Waals surface area contributed by atoms with Crippen molar-refractivity contribution in [1.29, 1.82) is 0 Å². The van der Waals surface area contributed by atoms with E-state index in [1.54, 1.807) is 4.31 Å². The van der Waals surface area contributed by atoms with E-state index in [1.807, 2.05) is 27.7 Å². The molecule has 0 radical (unpaired) electrons. The van der Waals surface area contributed by atoms with Crippen LogP contribution in [0.4, 0.5) is 0 Å². The van der Waals surface area contributed by atoms with E-state index in [1.165, 1.54) is 6.42 Å². The van der Waals surface area contributed by atoms with Gasteiger partial charge in [-0.15, -0.1) is 0 Å². The number of carbonyl (C=O) groups is 1. The third-order valence-corrected chi connectivity index (χ3v) is 9.25. The molecule has 2 heterocycles. The largest absolute Gasteiger partial charge is 0.339 e. The summed E-state index contributed by atoms with van der Waals surface area (Å²) in [5, 5.41) is 0. The van der Waals surface area contributed by atoms with E-state index in [0.717, 1.165) is 48.1 Å². The number of likely N-dealkylation sites (tertiary alicyclic amines) is 1. The predicted molar refractivity (Wildman–Crippen MR) is 117 cm³/mol. The Labute approximate surface area is 176 Å². The fourth-order valence-corrected chi connectivity index (χ4v) is 7.04. The Morgan fingerprint density at radius 1 is 0.966 bits per heavy atom. The van der Waals surface area contributed by atoms with Gasteiger partial charge >= 0.3 is 0 Å². The van der Waals surface area contributed by atoms with Crippen molar-refractivity contribution in [3.63, 3.8) is 0 Å². The van der Waals surface area contributed by atoms with Gasteiger partial charge in [-0.1, -0.05) is 13.0 Å². The van der Waals surface area contributed by atoms with Gasteiger partial charge in [-0.3, -0.25) is 4.79 Å². The van der Waals surface area contributed by atoms with Crippen molar-refractivity contribution in [3.8, 4) is 0 Å². The zero-order valence-corrected chi connectivity index (χ0v) is 19.4. The van der Waals surface area contributed by atoms with Crippen LogP contribution in [0.5, 0.6) is 0 Å². The molecule has 1 atom stereocenters. The summed E-state index contributed by atoms with van der Waals surface area (Å²) >= 11 is 0. The first kappa shape index (κ1) is 22.3. The molecule has 29 heavy (non-hydrogen) atoms. The number of carbonyl (C=O) groups excluding carboxylic acids is 1. The summed E-state index contributed by atoms with van der Waals surface area (Å²) in [5.41, 5.74) is 3.69. The quantitative estimate of drug-likeness (QED) is 0.736. The molecule has 3 rings (SSSR count). The molecule has 1 aromatic carbocycles. The Morgan fingerprint density at radius 3 is 2.10 bits per heavy atom. The van der Waals surface area contributed by atoms with Crippen LogP contribution in [0.15, 0.2) is 11.0 Å². The molecule has 2 fully saturated rings. The first-order chi connectivity index (χ1) is 13.7. The number of benzene rings is 1. The van der Waals surface area contributed by atoms with Gasteiger partial charge in [-0.25, -0.2) is 8.42 Å². The highest BCUT2D eigenvalue weighted by Crippen LogP contribution is 2.32. The van der Waals surface area contributed by atoms with E-state index >= 15 is 0 Å². The highest BCUT2D eigenvalue weighted by molar-refractivity contribution is 7.89. The fraction of sp³-hybridized carbons (Fsp3) is 0.696. The second-order valence-corrected chi connectivity index (χ2v) is 10.7. The number of hydrogen-bond acceptors (Lipinski definition) is 3. The zero-order chi connectivity index (χ0) is 21.3. The smallest absolute Gasteiger partial charge is 0.243 e. The van der Waals surface area contributed by atoms with Crippen LogP contribution in [-0.2, 0) is 14.8 Å². The van der Waals surface area contributed by atoms with E-state index < -0.39 is 10.0 Å². The molecule has 2 saturated heterocycles. The summed E-state index contributed by atoms with van der Waals surface area (Å²) in [6, 6.07) is 2.41. The average molecular weight is 421 g/mol. The van der Waals surface area contributed by atoms with Crippen LogP contribution < -0.4 is 0 Å². The van der Waals surface area contributed by atoms with Crippen molar-refractivity contribution >= 4 is 15.9 Å². The maximum Gasteiger partial charge on any atom is 0.243 e. The minimum Gasteiger partial charge on any atom is -0.339 e. The van der Waals surface area contributed by atoms with Crippen molar-refractivity contribution in [2.75, 3.05) is 19.6 Å². The molecule has 0 aromatic heterocycles. The van der Waals surface area contributed by atoms with Crippen molar-refractivity contribution in [2.24, 2.45) is 5.92 Å². The molecular formula is C23H36N2O3S. The van der Waals surface area contributed by atoms with Crippen molar-refractivity contribution in [1.82, 2.24) is 9.21 Å². The summed E-state index contributed by atoms with van der Waals surface area (Å²) < 4.78 is 28.5. The van der Waals surface area contributed by atoms with Crippen LogP contribution in [-0.4, -0.2) is 49.2 Å². The lowest BCUT2D eigenvalue weighted by Gasteiger charge is -2.39. The normalized spacial score (nSPS) is 22.1. The Balaban J connectivity index is 1.75. The Bertz CT molecular complexity index is 844. The molecule has 0 aliphatic carbocycles. The average Bonchev–Trinajstić information content (AvgIpc) is 2.72. The van der Waals surface area contributed by atoms with Gasteiger partial charge in [0.25, 0.3) is 0 Å². The topological polar surface area (TPSA) is 57.7 Å². The lowest BCUT2D eigenvalue weighted by Crippen LogP contribution is -2.49. The molecule has 0 spiro atoms. The van der Waals surface area contributed by atoms with Gasteiger partial charge in [-0.05, 0) is 88.5 Å². The molecule has 1 aromatic rings. The fourth-order valence-electron chi connectivity index (χ4n) is 4.99. The van der Waals surface area contributed by atoms with Crippen molar-refractivity contribution in [2.45, 2.75) is 84.1 Å². The van der Waals surface area contributed by atoms with E-state index in [-0.39, 0.29) is 11.8 Å². The van der Waals surface area contributed by atoms with Gasteiger partial charge in [0.15, 0.2) is 0 Å². The second-order valence-electron chi connectivity index (χ2n) is 8.86. The monoisotopic (exact) mass is 420 g/mol. The Morgan fingerprint density at radius 2 is 1.55 bits per heavy atom. The first-order valence-electron chi connectivity index (χ1n) is 11.1. The number of sulfonamides is 1. The molecule has 6 heteroatoms. The Kier molecular flexibility index (Phi) is 6.74. The van der Waals surface area contributed by atoms with Gasteiger partial charge < -0.3 is 4.90 Å². The number of amides is 1. The summed E-state index contributed by atoms with van der Waals surface area (Å²) in [7, 11) is -3.55. The first-order valence-corrected chi connectivity index (χ1v) is 12.5. The summed E-state index contributed by atoms with van der Waals surface area (Å²) in [6.45, 7) is 11.6. The number of hydrogen-bond donors (Lipinski definition) is 0. The molecular weight excluding hydrogens is 384 g/mol. The number of piperidine rings is 2. The highest BCUT2D eigenvalue weighted by Gasteiger charge is 2.37. The van der Waals surface area contributed by atoms with Gasteiger partial charge in [-0.2, -0.15) is 4.31 Å². The molecule has 1 unspecified atom stereocenters.